The van der Waals surface area contributed by atoms with E-state index in [2.05, 4.69) is 0 Å². The van der Waals surface area contributed by atoms with Crippen molar-refractivity contribution < 1.29 is 19.5 Å². The fourth-order valence-electron chi connectivity index (χ4n) is 2.45. The van der Waals surface area contributed by atoms with Crippen LogP contribution in [0.4, 0.5) is 5.69 Å². The molecule has 2 amide bonds. The number of carboxylic acid groups (broad SMARTS) is 1. The SMILES string of the molecule is CC(=O)N1CCc2cc(C(=O)N(C)C(C)(C)C(=O)O)ccc21. The maximum atomic E-state index is 12.5. The molecule has 0 atom stereocenters. The molecule has 1 aromatic carbocycles. The third-order valence-electron chi connectivity index (χ3n) is 4.27. The van der Waals surface area contributed by atoms with E-state index in [0.29, 0.717) is 18.5 Å². The largest absolute Gasteiger partial charge is 0.480 e. The second-order valence-electron chi connectivity index (χ2n) is 5.99. The molecule has 22 heavy (non-hydrogen) atoms. The molecule has 0 unspecified atom stereocenters. The molecule has 6 nitrogen and oxygen atoms in total. The standard InChI is InChI=1S/C16H20N2O4/c1-10(19)18-8-7-11-9-12(5-6-13(11)18)14(20)17(4)16(2,3)15(21)22/h5-6,9H,7-8H2,1-4H3,(H,21,22). The molecule has 0 fully saturated rings. The lowest BCUT2D eigenvalue weighted by Crippen LogP contribution is -2.50. The van der Waals surface area contributed by atoms with Gasteiger partial charge in [-0.3, -0.25) is 9.59 Å². The van der Waals surface area contributed by atoms with Gasteiger partial charge >= 0.3 is 5.97 Å². The van der Waals surface area contributed by atoms with Crippen LogP contribution in [0.5, 0.6) is 0 Å². The molecule has 1 aliphatic heterocycles. The highest BCUT2D eigenvalue weighted by Crippen LogP contribution is 2.29. The summed E-state index contributed by atoms with van der Waals surface area (Å²) in [5.41, 5.74) is 0.898. The van der Waals surface area contributed by atoms with Crippen molar-refractivity contribution in [3.63, 3.8) is 0 Å². The minimum absolute atomic E-state index is 0.0260. The zero-order valence-corrected chi connectivity index (χ0v) is 13.2. The van der Waals surface area contributed by atoms with Crippen molar-refractivity contribution in [1.82, 2.24) is 4.90 Å². The predicted molar refractivity (Wildman–Crippen MR) is 82.0 cm³/mol. The van der Waals surface area contributed by atoms with E-state index in [1.165, 1.54) is 32.7 Å². The molecule has 2 rings (SSSR count). The first-order valence-corrected chi connectivity index (χ1v) is 7.09. The van der Waals surface area contributed by atoms with Crippen LogP contribution in [0.25, 0.3) is 0 Å². The van der Waals surface area contributed by atoms with E-state index in [1.807, 2.05) is 0 Å². The van der Waals surface area contributed by atoms with Gasteiger partial charge in [-0.05, 0) is 44.0 Å². The fourth-order valence-corrected chi connectivity index (χ4v) is 2.45. The Bertz CT molecular complexity index is 652. The molecule has 0 radical (unpaired) electrons. The van der Waals surface area contributed by atoms with E-state index in [4.69, 9.17) is 0 Å². The van der Waals surface area contributed by atoms with Crippen molar-refractivity contribution in [3.8, 4) is 0 Å². The summed E-state index contributed by atoms with van der Waals surface area (Å²) < 4.78 is 0. The van der Waals surface area contributed by atoms with Gasteiger partial charge in [-0.15, -0.1) is 0 Å². The molecule has 0 spiro atoms. The summed E-state index contributed by atoms with van der Waals surface area (Å²) in [6.07, 6.45) is 0.696. The van der Waals surface area contributed by atoms with Gasteiger partial charge in [0.25, 0.3) is 5.91 Å². The highest BCUT2D eigenvalue weighted by atomic mass is 16.4. The van der Waals surface area contributed by atoms with E-state index >= 15 is 0 Å². The smallest absolute Gasteiger partial charge is 0.329 e. The van der Waals surface area contributed by atoms with Crippen LogP contribution in [0.3, 0.4) is 0 Å². The van der Waals surface area contributed by atoms with Crippen LogP contribution in [0.15, 0.2) is 18.2 Å². The van der Waals surface area contributed by atoms with E-state index in [1.54, 1.807) is 23.1 Å². The molecule has 0 aliphatic carbocycles. The van der Waals surface area contributed by atoms with Crippen molar-refractivity contribution in [2.45, 2.75) is 32.7 Å². The molecule has 0 saturated heterocycles. The van der Waals surface area contributed by atoms with Gasteiger partial charge in [0, 0.05) is 31.8 Å². The van der Waals surface area contributed by atoms with Crippen LogP contribution in [-0.2, 0) is 16.0 Å². The zero-order valence-electron chi connectivity index (χ0n) is 13.2. The number of carboxylic acids is 1. The van der Waals surface area contributed by atoms with Gasteiger partial charge in [0.05, 0.1) is 0 Å². The summed E-state index contributed by atoms with van der Waals surface area (Å²) in [6.45, 7) is 5.09. The topological polar surface area (TPSA) is 77.9 Å². The van der Waals surface area contributed by atoms with Crippen molar-refractivity contribution in [2.24, 2.45) is 0 Å². The van der Waals surface area contributed by atoms with Gasteiger partial charge < -0.3 is 14.9 Å². The van der Waals surface area contributed by atoms with E-state index in [-0.39, 0.29) is 11.8 Å². The van der Waals surface area contributed by atoms with Gasteiger partial charge in [0.15, 0.2) is 0 Å². The summed E-state index contributed by atoms with van der Waals surface area (Å²) >= 11 is 0. The minimum atomic E-state index is -1.29. The predicted octanol–water partition coefficient (Wildman–Crippen LogP) is 1.53. The Balaban J connectivity index is 2.30. The Morgan fingerprint density at radius 2 is 1.91 bits per heavy atom. The molecule has 0 saturated carbocycles. The van der Waals surface area contributed by atoms with Crippen LogP contribution in [0, 0.1) is 0 Å². The molecule has 1 aliphatic rings. The minimum Gasteiger partial charge on any atom is -0.480 e. The van der Waals surface area contributed by atoms with E-state index in [0.717, 1.165) is 11.3 Å². The van der Waals surface area contributed by atoms with E-state index < -0.39 is 11.5 Å². The molecule has 0 bridgehead atoms. The average Bonchev–Trinajstić information content (AvgIpc) is 2.88. The van der Waals surface area contributed by atoms with Gasteiger partial charge in [-0.1, -0.05) is 0 Å². The number of benzene rings is 1. The highest BCUT2D eigenvalue weighted by molar-refractivity contribution is 5.99. The fraction of sp³-hybridized carbons (Fsp3) is 0.438. The van der Waals surface area contributed by atoms with Crippen LogP contribution < -0.4 is 4.90 Å². The zero-order chi connectivity index (χ0) is 16.7. The second kappa shape index (κ2) is 5.44. The summed E-state index contributed by atoms with van der Waals surface area (Å²) in [5, 5.41) is 9.22. The van der Waals surface area contributed by atoms with Crippen LogP contribution in [0.1, 0.15) is 36.7 Å². The number of anilines is 1. The number of hydrogen-bond acceptors (Lipinski definition) is 3. The number of hydrogen-bond donors (Lipinski definition) is 1. The Morgan fingerprint density at radius 1 is 1.27 bits per heavy atom. The number of rotatable bonds is 3. The number of likely N-dealkylation sites (N-methyl/N-ethyl adjacent to an activating group) is 1. The van der Waals surface area contributed by atoms with Gasteiger partial charge in [-0.25, -0.2) is 4.79 Å². The van der Waals surface area contributed by atoms with Crippen molar-refractivity contribution in [1.29, 1.82) is 0 Å². The summed E-state index contributed by atoms with van der Waals surface area (Å²) in [4.78, 5) is 38.2. The van der Waals surface area contributed by atoms with Gasteiger partial charge in [-0.2, -0.15) is 0 Å². The monoisotopic (exact) mass is 304 g/mol. The molecular weight excluding hydrogens is 284 g/mol. The maximum Gasteiger partial charge on any atom is 0.329 e. The normalized spacial score (nSPS) is 13.7. The second-order valence-corrected chi connectivity index (χ2v) is 5.99. The first-order valence-electron chi connectivity index (χ1n) is 7.09. The summed E-state index contributed by atoms with van der Waals surface area (Å²) in [5.74, 6) is -1.44. The molecule has 0 aromatic heterocycles. The van der Waals surface area contributed by atoms with Crippen molar-refractivity contribution in [3.05, 3.63) is 29.3 Å². The molecule has 118 valence electrons. The number of aliphatic carboxylic acids is 1. The molecule has 1 heterocycles. The third kappa shape index (κ3) is 2.56. The first-order chi connectivity index (χ1) is 10.2. The third-order valence-corrected chi connectivity index (χ3v) is 4.27. The average molecular weight is 304 g/mol. The van der Waals surface area contributed by atoms with Gasteiger partial charge in [0.2, 0.25) is 5.91 Å². The van der Waals surface area contributed by atoms with Crippen LogP contribution in [0.2, 0.25) is 0 Å². The lowest BCUT2D eigenvalue weighted by molar-refractivity contribution is -0.147. The quantitative estimate of drug-likeness (QED) is 0.918. The molecule has 1 aromatic rings. The lowest BCUT2D eigenvalue weighted by Gasteiger charge is -2.31. The number of carbonyl (C=O) groups excluding carboxylic acids is 2. The Labute approximate surface area is 129 Å². The van der Waals surface area contributed by atoms with Crippen LogP contribution >= 0.6 is 0 Å². The van der Waals surface area contributed by atoms with Crippen molar-refractivity contribution >= 4 is 23.5 Å². The Morgan fingerprint density at radius 3 is 2.45 bits per heavy atom. The highest BCUT2D eigenvalue weighted by Gasteiger charge is 2.36. The number of carbonyl (C=O) groups is 3. The van der Waals surface area contributed by atoms with Crippen LogP contribution in [-0.4, -0.2) is 46.9 Å². The maximum absolute atomic E-state index is 12.5. The van der Waals surface area contributed by atoms with Crippen molar-refractivity contribution in [2.75, 3.05) is 18.5 Å². The first kappa shape index (κ1) is 16.0. The lowest BCUT2D eigenvalue weighted by atomic mass is 10.0. The number of nitrogens with zero attached hydrogens (tertiary/aromatic N) is 2. The Hall–Kier alpha value is -2.37. The summed E-state index contributed by atoms with van der Waals surface area (Å²) in [6, 6.07) is 5.13. The van der Waals surface area contributed by atoms with Gasteiger partial charge in [0.1, 0.15) is 5.54 Å². The number of amides is 2. The molecular formula is C16H20N2O4. The molecule has 1 N–H and O–H groups in total. The Kier molecular flexibility index (Phi) is 3.96. The number of fused-ring (bicyclic) bond motifs is 1. The van der Waals surface area contributed by atoms with E-state index in [9.17, 15) is 19.5 Å². The summed E-state index contributed by atoms with van der Waals surface area (Å²) in [7, 11) is 1.48. The molecule has 6 heteroatoms.